The quantitative estimate of drug-likeness (QED) is 0.307. The monoisotopic (exact) mass is 500 g/mol. The van der Waals surface area contributed by atoms with E-state index in [2.05, 4.69) is 9.97 Å². The van der Waals surface area contributed by atoms with E-state index in [1.54, 1.807) is 30.3 Å². The van der Waals surface area contributed by atoms with Crippen molar-refractivity contribution in [3.8, 4) is 5.88 Å². The molecular formula is C23H21Cl2F3N2O3. The Morgan fingerprint density at radius 2 is 1.82 bits per heavy atom. The van der Waals surface area contributed by atoms with Crippen LogP contribution in [0.1, 0.15) is 45.8 Å². The zero-order valence-electron chi connectivity index (χ0n) is 17.7. The summed E-state index contributed by atoms with van der Waals surface area (Å²) in [4.78, 5) is 18.4. The molecule has 0 saturated heterocycles. The third-order valence-corrected chi connectivity index (χ3v) is 5.33. The average molecular weight is 501 g/mol. The van der Waals surface area contributed by atoms with Gasteiger partial charge in [0.2, 0.25) is 5.88 Å². The molecule has 2 heterocycles. The molecule has 0 bridgehead atoms. The average Bonchev–Trinajstić information content (AvgIpc) is 2.78. The van der Waals surface area contributed by atoms with E-state index < -0.39 is 18.0 Å². The van der Waals surface area contributed by atoms with Crippen molar-refractivity contribution >= 4 is 29.5 Å². The summed E-state index contributed by atoms with van der Waals surface area (Å²) in [6, 6.07) is 10.4. The van der Waals surface area contributed by atoms with Crippen molar-refractivity contribution in [1.82, 2.24) is 9.97 Å². The molecule has 3 rings (SSSR count). The Hall–Kier alpha value is -2.68. The highest BCUT2D eigenvalue weighted by Gasteiger charge is 2.45. The highest BCUT2D eigenvalue weighted by Crippen LogP contribution is 2.46. The number of carbonyl (C=O) groups is 1. The Labute approximate surface area is 199 Å². The number of aliphatic hydroxyl groups excluding tert-OH is 1. The van der Waals surface area contributed by atoms with Crippen LogP contribution >= 0.6 is 23.2 Å². The standard InChI is InChI=1S/C22H17Cl2F3N2O2.CH4O/c1-13(21(22(25,26)27)16-6-7-28-19(24)9-16)17-4-2-14(8-18(17)23)12-31-20-5-3-15(11-30)10-29-20;1-2/h2-11,13,21H,12H2,1H3;2H,1H3. The van der Waals surface area contributed by atoms with Gasteiger partial charge >= 0.3 is 6.18 Å². The van der Waals surface area contributed by atoms with Crippen molar-refractivity contribution in [2.45, 2.75) is 31.5 Å². The molecule has 2 aromatic heterocycles. The molecule has 0 aliphatic carbocycles. The number of hydrogen-bond acceptors (Lipinski definition) is 5. The zero-order chi connectivity index (χ0) is 24.6. The normalized spacial score (nSPS) is 12.8. The molecule has 1 aromatic carbocycles. The van der Waals surface area contributed by atoms with Crippen molar-refractivity contribution in [2.75, 3.05) is 7.11 Å². The van der Waals surface area contributed by atoms with Gasteiger partial charge in [-0.25, -0.2) is 9.97 Å². The summed E-state index contributed by atoms with van der Waals surface area (Å²) in [5.41, 5.74) is 1.46. The Bertz CT molecular complexity index is 1060. The van der Waals surface area contributed by atoms with Crippen LogP contribution in [-0.4, -0.2) is 34.6 Å². The number of rotatable bonds is 7. The van der Waals surface area contributed by atoms with Crippen molar-refractivity contribution in [1.29, 1.82) is 0 Å². The van der Waals surface area contributed by atoms with E-state index in [1.807, 2.05) is 0 Å². The summed E-state index contributed by atoms with van der Waals surface area (Å²) in [7, 11) is 1.00. The number of aliphatic hydroxyl groups is 1. The molecule has 0 fully saturated rings. The maximum Gasteiger partial charge on any atom is 0.396 e. The van der Waals surface area contributed by atoms with Gasteiger partial charge in [0.25, 0.3) is 0 Å². The first-order valence-electron chi connectivity index (χ1n) is 9.64. The Kier molecular flexibility index (Phi) is 9.64. The summed E-state index contributed by atoms with van der Waals surface area (Å²) in [6.07, 6.45) is -1.21. The van der Waals surface area contributed by atoms with Crippen LogP contribution in [0.25, 0.3) is 0 Å². The summed E-state index contributed by atoms with van der Waals surface area (Å²) in [5.74, 6) is -2.45. The minimum absolute atomic E-state index is 0.00710. The highest BCUT2D eigenvalue weighted by atomic mass is 35.5. The first-order chi connectivity index (χ1) is 15.7. The lowest BCUT2D eigenvalue weighted by Gasteiger charge is -2.28. The SMILES string of the molecule is CC(c1ccc(COc2ccc(C=O)cn2)cc1Cl)C(c1ccnc(Cl)c1)C(F)(F)F.CO. The number of hydrogen-bond donors (Lipinski definition) is 1. The first kappa shape index (κ1) is 26.6. The molecule has 0 aliphatic rings. The van der Waals surface area contributed by atoms with E-state index in [0.29, 0.717) is 28.9 Å². The predicted octanol–water partition coefficient (Wildman–Crippen LogP) is 6.23. The van der Waals surface area contributed by atoms with Crippen LogP contribution in [0.15, 0.2) is 54.9 Å². The fraction of sp³-hybridized carbons (Fsp3) is 0.261. The number of alkyl halides is 3. The van der Waals surface area contributed by atoms with Gasteiger partial charge in [0.15, 0.2) is 6.29 Å². The predicted molar refractivity (Wildman–Crippen MR) is 120 cm³/mol. The Morgan fingerprint density at radius 1 is 1.09 bits per heavy atom. The second kappa shape index (κ2) is 12.0. The van der Waals surface area contributed by atoms with Crippen LogP contribution in [0.2, 0.25) is 10.2 Å². The van der Waals surface area contributed by atoms with Crippen LogP contribution in [0.4, 0.5) is 13.2 Å². The molecule has 0 spiro atoms. The number of pyridine rings is 2. The van der Waals surface area contributed by atoms with Crippen LogP contribution in [-0.2, 0) is 6.61 Å². The molecule has 3 aromatic rings. The van der Waals surface area contributed by atoms with Crippen molar-refractivity contribution < 1.29 is 27.8 Å². The number of aromatic nitrogens is 2. The van der Waals surface area contributed by atoms with E-state index in [9.17, 15) is 18.0 Å². The van der Waals surface area contributed by atoms with E-state index in [0.717, 1.165) is 7.11 Å². The number of ether oxygens (including phenoxy) is 1. The molecule has 0 saturated carbocycles. The summed E-state index contributed by atoms with van der Waals surface area (Å²) < 4.78 is 47.2. The number of benzene rings is 1. The van der Waals surface area contributed by atoms with Gasteiger partial charge in [-0.1, -0.05) is 42.3 Å². The molecule has 0 radical (unpaired) electrons. The molecule has 5 nitrogen and oxygen atoms in total. The lowest BCUT2D eigenvalue weighted by molar-refractivity contribution is -0.154. The van der Waals surface area contributed by atoms with Crippen LogP contribution in [0, 0.1) is 0 Å². The number of carbonyl (C=O) groups excluding carboxylic acids is 1. The Balaban J connectivity index is 0.00000187. The first-order valence-corrected chi connectivity index (χ1v) is 10.4. The van der Waals surface area contributed by atoms with Crippen LogP contribution in [0.3, 0.4) is 0 Å². The van der Waals surface area contributed by atoms with Crippen LogP contribution < -0.4 is 4.74 Å². The summed E-state index contributed by atoms with van der Waals surface area (Å²) in [6.45, 7) is 1.59. The maximum absolute atomic E-state index is 13.9. The maximum atomic E-state index is 13.9. The zero-order valence-corrected chi connectivity index (χ0v) is 19.2. The second-order valence-corrected chi connectivity index (χ2v) is 7.71. The fourth-order valence-corrected chi connectivity index (χ4v) is 3.84. The van der Waals surface area contributed by atoms with Gasteiger partial charge < -0.3 is 9.84 Å². The van der Waals surface area contributed by atoms with Gasteiger partial charge in [-0.05, 0) is 46.9 Å². The van der Waals surface area contributed by atoms with Crippen molar-refractivity contribution in [3.63, 3.8) is 0 Å². The van der Waals surface area contributed by atoms with Gasteiger partial charge in [0, 0.05) is 36.2 Å². The minimum Gasteiger partial charge on any atom is -0.473 e. The van der Waals surface area contributed by atoms with Gasteiger partial charge in [0.05, 0.1) is 5.92 Å². The molecule has 2 unspecified atom stereocenters. The highest BCUT2D eigenvalue weighted by molar-refractivity contribution is 6.31. The molecule has 10 heteroatoms. The lowest BCUT2D eigenvalue weighted by Crippen LogP contribution is -2.26. The van der Waals surface area contributed by atoms with E-state index in [1.165, 1.54) is 31.5 Å². The summed E-state index contributed by atoms with van der Waals surface area (Å²) >= 11 is 12.1. The molecule has 176 valence electrons. The molecular weight excluding hydrogens is 480 g/mol. The molecule has 33 heavy (non-hydrogen) atoms. The second-order valence-electron chi connectivity index (χ2n) is 6.91. The van der Waals surface area contributed by atoms with E-state index in [4.69, 9.17) is 33.0 Å². The molecule has 1 N–H and O–H groups in total. The number of halogens is 5. The lowest BCUT2D eigenvalue weighted by atomic mass is 9.82. The van der Waals surface area contributed by atoms with Crippen molar-refractivity contribution in [2.24, 2.45) is 0 Å². The minimum atomic E-state index is -4.51. The van der Waals surface area contributed by atoms with Crippen molar-refractivity contribution in [3.05, 3.63) is 87.3 Å². The molecule has 0 aliphatic heterocycles. The fourth-order valence-electron chi connectivity index (χ4n) is 3.29. The van der Waals surface area contributed by atoms with Crippen LogP contribution in [0.5, 0.6) is 5.88 Å². The van der Waals surface area contributed by atoms with Gasteiger partial charge in [-0.2, -0.15) is 13.2 Å². The van der Waals surface area contributed by atoms with Gasteiger partial charge in [-0.15, -0.1) is 0 Å². The van der Waals surface area contributed by atoms with E-state index >= 15 is 0 Å². The third-order valence-electron chi connectivity index (χ3n) is 4.80. The molecule has 2 atom stereocenters. The number of aldehydes is 1. The molecule has 0 amide bonds. The summed E-state index contributed by atoms with van der Waals surface area (Å²) in [5, 5.41) is 7.19. The Morgan fingerprint density at radius 3 is 2.36 bits per heavy atom. The van der Waals surface area contributed by atoms with Gasteiger partial charge in [0.1, 0.15) is 11.8 Å². The topological polar surface area (TPSA) is 72.3 Å². The largest absolute Gasteiger partial charge is 0.473 e. The third kappa shape index (κ3) is 7.15. The van der Waals surface area contributed by atoms with Gasteiger partial charge in [-0.3, -0.25) is 4.79 Å². The smallest absolute Gasteiger partial charge is 0.396 e. The number of nitrogens with zero attached hydrogens (tertiary/aromatic N) is 2. The van der Waals surface area contributed by atoms with E-state index in [-0.39, 0.29) is 22.3 Å².